The van der Waals surface area contributed by atoms with Gasteiger partial charge in [0.2, 0.25) is 5.91 Å². The standard InChI is InChI=1S/C27H34N2O4/c1-4-5-21-14-19(2)25(20(3)15-21)26-22(30)16-27(17-23(26)31)6-8-29(9-7-27)24(32)18-28-10-12-33-13-11-28/h14-15,26H,6-13,16-18H2,1-3H3. The third kappa shape index (κ3) is 5.05. The quantitative estimate of drug-likeness (QED) is 0.523. The van der Waals surface area contributed by atoms with E-state index in [1.54, 1.807) is 6.92 Å². The molecular formula is C27H34N2O4. The summed E-state index contributed by atoms with van der Waals surface area (Å²) < 4.78 is 5.36. The van der Waals surface area contributed by atoms with E-state index in [4.69, 9.17) is 4.74 Å². The Morgan fingerprint density at radius 3 is 2.15 bits per heavy atom. The highest BCUT2D eigenvalue weighted by molar-refractivity contribution is 6.10. The molecule has 2 aliphatic heterocycles. The average molecular weight is 451 g/mol. The highest BCUT2D eigenvalue weighted by atomic mass is 16.5. The molecule has 2 heterocycles. The Morgan fingerprint density at radius 2 is 1.61 bits per heavy atom. The van der Waals surface area contributed by atoms with Crippen LogP contribution >= 0.6 is 0 Å². The fraction of sp³-hybridized carbons (Fsp3) is 0.593. The monoisotopic (exact) mass is 450 g/mol. The van der Waals surface area contributed by atoms with Crippen LogP contribution in [0.3, 0.4) is 0 Å². The predicted octanol–water partition coefficient (Wildman–Crippen LogP) is 2.63. The molecular weight excluding hydrogens is 416 g/mol. The van der Waals surface area contributed by atoms with Crippen molar-refractivity contribution >= 4 is 17.5 Å². The van der Waals surface area contributed by atoms with Gasteiger partial charge in [0.15, 0.2) is 0 Å². The zero-order valence-corrected chi connectivity index (χ0v) is 20.0. The number of carbonyl (C=O) groups excluding carboxylic acids is 3. The first-order valence-corrected chi connectivity index (χ1v) is 12.0. The topological polar surface area (TPSA) is 66.9 Å². The fourth-order valence-electron chi connectivity index (χ4n) is 5.79. The van der Waals surface area contributed by atoms with Crippen molar-refractivity contribution in [3.63, 3.8) is 0 Å². The van der Waals surface area contributed by atoms with Gasteiger partial charge >= 0.3 is 0 Å². The molecule has 33 heavy (non-hydrogen) atoms. The van der Waals surface area contributed by atoms with E-state index in [0.717, 1.165) is 48.2 Å². The number of benzene rings is 1. The van der Waals surface area contributed by atoms with Crippen LogP contribution in [0.2, 0.25) is 0 Å². The van der Waals surface area contributed by atoms with Crippen molar-refractivity contribution in [2.75, 3.05) is 45.9 Å². The number of hydrogen-bond donors (Lipinski definition) is 0. The Kier molecular flexibility index (Phi) is 7.02. The van der Waals surface area contributed by atoms with Crippen molar-refractivity contribution in [1.29, 1.82) is 0 Å². The molecule has 4 rings (SSSR count). The number of piperidine rings is 1. The van der Waals surface area contributed by atoms with Crippen molar-refractivity contribution in [3.05, 3.63) is 34.4 Å². The van der Waals surface area contributed by atoms with Gasteiger partial charge in [-0.2, -0.15) is 0 Å². The van der Waals surface area contributed by atoms with Gasteiger partial charge in [0.05, 0.1) is 19.8 Å². The van der Waals surface area contributed by atoms with Crippen LogP contribution in [0.4, 0.5) is 0 Å². The van der Waals surface area contributed by atoms with E-state index in [-0.39, 0.29) is 22.9 Å². The van der Waals surface area contributed by atoms with Crippen molar-refractivity contribution in [3.8, 4) is 11.8 Å². The summed E-state index contributed by atoms with van der Waals surface area (Å²) in [5, 5.41) is 0. The number of amides is 1. The smallest absolute Gasteiger partial charge is 0.236 e. The number of likely N-dealkylation sites (tertiary alicyclic amines) is 1. The SMILES string of the molecule is CC#Cc1cc(C)c(C2C(=O)CC3(CCN(C(=O)CN4CCOCC4)CC3)CC2=O)c(C)c1. The largest absolute Gasteiger partial charge is 0.379 e. The maximum absolute atomic E-state index is 13.3. The number of hydrogen-bond acceptors (Lipinski definition) is 5. The minimum atomic E-state index is -0.666. The minimum Gasteiger partial charge on any atom is -0.379 e. The lowest BCUT2D eigenvalue weighted by Gasteiger charge is -2.45. The van der Waals surface area contributed by atoms with Gasteiger partial charge in [-0.25, -0.2) is 0 Å². The van der Waals surface area contributed by atoms with Crippen LogP contribution in [-0.2, 0) is 19.1 Å². The second-order valence-corrected chi connectivity index (χ2v) is 9.89. The van der Waals surface area contributed by atoms with E-state index >= 15 is 0 Å². The molecule has 3 aliphatic rings. The lowest BCUT2D eigenvalue weighted by atomic mass is 9.62. The van der Waals surface area contributed by atoms with Crippen LogP contribution in [0.15, 0.2) is 12.1 Å². The summed E-state index contributed by atoms with van der Waals surface area (Å²) in [4.78, 5) is 43.4. The first-order chi connectivity index (χ1) is 15.8. The Hall–Kier alpha value is -2.49. The number of Topliss-reactive ketones (excluding diaryl/α,β-unsaturated/α-hetero) is 2. The van der Waals surface area contributed by atoms with Crippen molar-refractivity contribution < 1.29 is 19.1 Å². The number of morpholine rings is 1. The van der Waals surface area contributed by atoms with E-state index < -0.39 is 5.92 Å². The molecule has 1 aromatic carbocycles. The molecule has 0 N–H and O–H groups in total. The van der Waals surface area contributed by atoms with Gasteiger partial charge in [0.25, 0.3) is 0 Å². The van der Waals surface area contributed by atoms with Gasteiger partial charge in [-0.05, 0) is 67.9 Å². The van der Waals surface area contributed by atoms with E-state index in [2.05, 4.69) is 16.7 Å². The molecule has 1 amide bonds. The maximum atomic E-state index is 13.3. The molecule has 0 bridgehead atoms. The molecule has 2 saturated heterocycles. The molecule has 1 saturated carbocycles. The Balaban J connectivity index is 1.41. The lowest BCUT2D eigenvalue weighted by Crippen LogP contribution is -2.51. The van der Waals surface area contributed by atoms with Gasteiger partial charge in [0.1, 0.15) is 17.5 Å². The van der Waals surface area contributed by atoms with Gasteiger partial charge in [-0.3, -0.25) is 19.3 Å². The minimum absolute atomic E-state index is 0.0277. The predicted molar refractivity (Wildman–Crippen MR) is 126 cm³/mol. The zero-order chi connectivity index (χ0) is 23.6. The number of ketones is 2. The molecule has 1 aliphatic carbocycles. The van der Waals surface area contributed by atoms with Crippen LogP contribution in [0.5, 0.6) is 0 Å². The van der Waals surface area contributed by atoms with Crippen molar-refractivity contribution in [2.45, 2.75) is 52.4 Å². The van der Waals surface area contributed by atoms with Crippen LogP contribution in [-0.4, -0.2) is 73.2 Å². The molecule has 6 heteroatoms. The highest BCUT2D eigenvalue weighted by Crippen LogP contribution is 2.46. The zero-order valence-electron chi connectivity index (χ0n) is 20.0. The van der Waals surface area contributed by atoms with Crippen LogP contribution in [0.25, 0.3) is 0 Å². The Labute approximate surface area is 196 Å². The first kappa shape index (κ1) is 23.7. The third-order valence-corrected chi connectivity index (χ3v) is 7.53. The highest BCUT2D eigenvalue weighted by Gasteiger charge is 2.47. The number of ether oxygens (including phenoxy) is 1. The van der Waals surface area contributed by atoms with Crippen LogP contribution < -0.4 is 0 Å². The molecule has 1 spiro atoms. The Bertz CT molecular complexity index is 962. The average Bonchev–Trinajstić information content (AvgIpc) is 2.76. The van der Waals surface area contributed by atoms with Crippen LogP contribution in [0, 0.1) is 31.1 Å². The molecule has 176 valence electrons. The van der Waals surface area contributed by atoms with Gasteiger partial charge in [-0.15, -0.1) is 5.92 Å². The van der Waals surface area contributed by atoms with E-state index in [1.807, 2.05) is 30.9 Å². The number of carbonyl (C=O) groups is 3. The van der Waals surface area contributed by atoms with Crippen LogP contribution in [0.1, 0.15) is 60.8 Å². The summed E-state index contributed by atoms with van der Waals surface area (Å²) in [5.41, 5.74) is 3.39. The van der Waals surface area contributed by atoms with E-state index in [0.29, 0.717) is 45.7 Å². The maximum Gasteiger partial charge on any atom is 0.236 e. The van der Waals surface area contributed by atoms with Gasteiger partial charge < -0.3 is 9.64 Å². The van der Waals surface area contributed by atoms with Crippen molar-refractivity contribution in [1.82, 2.24) is 9.80 Å². The van der Waals surface area contributed by atoms with Gasteiger partial charge in [0, 0.05) is 44.6 Å². The van der Waals surface area contributed by atoms with Gasteiger partial charge in [-0.1, -0.05) is 5.92 Å². The fourth-order valence-corrected chi connectivity index (χ4v) is 5.79. The molecule has 0 aromatic heterocycles. The molecule has 0 radical (unpaired) electrons. The summed E-state index contributed by atoms with van der Waals surface area (Å²) in [6.07, 6.45) is 2.28. The molecule has 3 fully saturated rings. The normalized spacial score (nSPS) is 21.7. The first-order valence-electron chi connectivity index (χ1n) is 12.0. The Morgan fingerprint density at radius 1 is 1.03 bits per heavy atom. The molecule has 1 aromatic rings. The molecule has 6 nitrogen and oxygen atoms in total. The number of nitrogens with zero attached hydrogens (tertiary/aromatic N) is 2. The third-order valence-electron chi connectivity index (χ3n) is 7.53. The van der Waals surface area contributed by atoms with E-state index in [1.165, 1.54) is 0 Å². The summed E-state index contributed by atoms with van der Waals surface area (Å²) >= 11 is 0. The summed E-state index contributed by atoms with van der Waals surface area (Å²) in [6, 6.07) is 3.95. The summed E-state index contributed by atoms with van der Waals surface area (Å²) in [5.74, 6) is 5.50. The molecule has 0 atom stereocenters. The second-order valence-electron chi connectivity index (χ2n) is 9.89. The second kappa shape index (κ2) is 9.79. The molecule has 0 unspecified atom stereocenters. The summed E-state index contributed by atoms with van der Waals surface area (Å²) in [7, 11) is 0. The van der Waals surface area contributed by atoms with E-state index in [9.17, 15) is 14.4 Å². The lowest BCUT2D eigenvalue weighted by molar-refractivity contribution is -0.141. The van der Waals surface area contributed by atoms with Crippen molar-refractivity contribution in [2.24, 2.45) is 5.41 Å². The number of rotatable bonds is 3. The number of aryl methyl sites for hydroxylation is 2. The summed E-state index contributed by atoms with van der Waals surface area (Å²) in [6.45, 7) is 10.3.